The highest BCUT2D eigenvalue weighted by Gasteiger charge is 2.23. The van der Waals surface area contributed by atoms with Gasteiger partial charge in [-0.25, -0.2) is 4.79 Å². The molecule has 0 saturated heterocycles. The van der Waals surface area contributed by atoms with Crippen LogP contribution in [0.15, 0.2) is 35.9 Å². The quantitative estimate of drug-likeness (QED) is 0.817. The number of carboxylic acid groups (broad SMARTS) is 1. The molecule has 1 aromatic rings. The van der Waals surface area contributed by atoms with Crippen LogP contribution in [0.4, 0.5) is 0 Å². The predicted molar refractivity (Wildman–Crippen MR) is 63.8 cm³/mol. The number of likely N-dealkylation sites (N-methyl/N-ethyl adjacent to an activating group) is 1. The summed E-state index contributed by atoms with van der Waals surface area (Å²) in [4.78, 5) is 13.0. The second kappa shape index (κ2) is 4.59. The molecule has 0 saturated carbocycles. The number of phenolic OH excluding ortho intramolecular Hbond substituents is 1. The summed E-state index contributed by atoms with van der Waals surface area (Å²) in [5, 5.41) is 18.5. The van der Waals surface area contributed by atoms with E-state index < -0.39 is 5.97 Å². The van der Waals surface area contributed by atoms with E-state index in [1.54, 1.807) is 24.3 Å². The van der Waals surface area contributed by atoms with Crippen molar-refractivity contribution in [3.05, 3.63) is 41.5 Å². The van der Waals surface area contributed by atoms with E-state index in [1.807, 2.05) is 13.1 Å². The van der Waals surface area contributed by atoms with Gasteiger partial charge in [0.15, 0.2) is 0 Å². The molecule has 1 aliphatic heterocycles. The van der Waals surface area contributed by atoms with Crippen molar-refractivity contribution < 1.29 is 15.0 Å². The van der Waals surface area contributed by atoms with E-state index in [2.05, 4.69) is 4.90 Å². The zero-order chi connectivity index (χ0) is 12.4. The Kier molecular flexibility index (Phi) is 3.15. The maximum Gasteiger partial charge on any atom is 0.331 e. The summed E-state index contributed by atoms with van der Waals surface area (Å²) in [6.45, 7) is 0.707. The summed E-state index contributed by atoms with van der Waals surface area (Å²) in [7, 11) is 1.95. The number of carboxylic acids is 1. The number of phenols is 1. The Morgan fingerprint density at radius 1 is 1.47 bits per heavy atom. The zero-order valence-electron chi connectivity index (χ0n) is 9.63. The summed E-state index contributed by atoms with van der Waals surface area (Å²) in [6, 6.07) is 6.85. The minimum absolute atomic E-state index is 0.0815. The van der Waals surface area contributed by atoms with Crippen molar-refractivity contribution in [2.45, 2.75) is 12.5 Å². The van der Waals surface area contributed by atoms with E-state index in [1.165, 1.54) is 0 Å². The lowest BCUT2D eigenvalue weighted by Gasteiger charge is -2.30. The van der Waals surface area contributed by atoms with Crippen LogP contribution in [0.25, 0.3) is 0 Å². The van der Waals surface area contributed by atoms with Crippen LogP contribution in [0.2, 0.25) is 0 Å². The minimum atomic E-state index is -0.858. The van der Waals surface area contributed by atoms with Gasteiger partial charge in [0.1, 0.15) is 5.75 Å². The molecule has 0 amide bonds. The molecule has 0 radical (unpaired) electrons. The van der Waals surface area contributed by atoms with Gasteiger partial charge in [0.25, 0.3) is 0 Å². The second-order valence-electron chi connectivity index (χ2n) is 4.27. The summed E-state index contributed by atoms with van der Waals surface area (Å²) >= 11 is 0. The number of aliphatic carboxylic acids is 1. The number of benzene rings is 1. The van der Waals surface area contributed by atoms with Gasteiger partial charge in [-0.1, -0.05) is 18.2 Å². The van der Waals surface area contributed by atoms with E-state index in [0.717, 1.165) is 5.56 Å². The lowest BCUT2D eigenvalue weighted by molar-refractivity contribution is -0.133. The summed E-state index contributed by atoms with van der Waals surface area (Å²) in [5.41, 5.74) is 1.35. The predicted octanol–water partition coefficient (Wildman–Crippen LogP) is 1.78. The van der Waals surface area contributed by atoms with Crippen LogP contribution in [0.1, 0.15) is 18.0 Å². The number of carbonyl (C=O) groups is 1. The number of rotatable bonds is 2. The van der Waals surface area contributed by atoms with Crippen LogP contribution in [-0.2, 0) is 4.79 Å². The van der Waals surface area contributed by atoms with Crippen molar-refractivity contribution in [3.63, 3.8) is 0 Å². The van der Waals surface area contributed by atoms with Crippen molar-refractivity contribution >= 4 is 5.97 Å². The van der Waals surface area contributed by atoms with Crippen LogP contribution in [0.5, 0.6) is 5.75 Å². The van der Waals surface area contributed by atoms with Crippen LogP contribution >= 0.6 is 0 Å². The highest BCUT2D eigenvalue weighted by Crippen LogP contribution is 2.29. The standard InChI is InChI=1S/C13H15NO3/c1-14-6-5-10(13(16)17)8-12(14)9-3-2-4-11(15)7-9/h2-4,7-8,12,15H,5-6H2,1H3,(H,16,17). The molecule has 0 aromatic heterocycles. The summed E-state index contributed by atoms with van der Waals surface area (Å²) in [5.74, 6) is -0.657. The Morgan fingerprint density at radius 3 is 2.88 bits per heavy atom. The molecular weight excluding hydrogens is 218 g/mol. The maximum atomic E-state index is 11.0. The number of nitrogens with zero attached hydrogens (tertiary/aromatic N) is 1. The third-order valence-corrected chi connectivity index (χ3v) is 3.05. The van der Waals surface area contributed by atoms with Crippen LogP contribution in [0.3, 0.4) is 0 Å². The van der Waals surface area contributed by atoms with E-state index >= 15 is 0 Å². The molecule has 1 heterocycles. The molecule has 1 unspecified atom stereocenters. The third-order valence-electron chi connectivity index (χ3n) is 3.05. The molecule has 2 rings (SSSR count). The van der Waals surface area contributed by atoms with Gasteiger partial charge in [0.05, 0.1) is 6.04 Å². The van der Waals surface area contributed by atoms with Crippen molar-refractivity contribution in [1.82, 2.24) is 4.90 Å². The number of aromatic hydroxyl groups is 1. The highest BCUT2D eigenvalue weighted by atomic mass is 16.4. The molecule has 90 valence electrons. The molecule has 0 spiro atoms. The average Bonchev–Trinajstić information content (AvgIpc) is 2.29. The lowest BCUT2D eigenvalue weighted by Crippen LogP contribution is -2.30. The molecule has 2 N–H and O–H groups in total. The molecule has 1 aromatic carbocycles. The Morgan fingerprint density at radius 2 is 2.24 bits per heavy atom. The molecule has 0 aliphatic carbocycles. The third kappa shape index (κ3) is 2.47. The first-order valence-electron chi connectivity index (χ1n) is 5.51. The Hall–Kier alpha value is -1.81. The molecule has 0 bridgehead atoms. The van der Waals surface area contributed by atoms with Crippen molar-refractivity contribution in [3.8, 4) is 5.75 Å². The maximum absolute atomic E-state index is 11.0. The summed E-state index contributed by atoms with van der Waals surface area (Å²) in [6.07, 6.45) is 2.31. The average molecular weight is 233 g/mol. The van der Waals surface area contributed by atoms with Gasteiger partial charge >= 0.3 is 5.97 Å². The zero-order valence-corrected chi connectivity index (χ0v) is 9.63. The van der Waals surface area contributed by atoms with Crippen LogP contribution in [0, 0.1) is 0 Å². The molecule has 1 atom stereocenters. The van der Waals surface area contributed by atoms with Gasteiger partial charge in [-0.2, -0.15) is 0 Å². The number of hydrogen-bond donors (Lipinski definition) is 2. The SMILES string of the molecule is CN1CCC(C(=O)O)=CC1c1cccc(O)c1. The fourth-order valence-corrected chi connectivity index (χ4v) is 2.07. The van der Waals surface area contributed by atoms with Gasteiger partial charge in [0, 0.05) is 12.1 Å². The lowest BCUT2D eigenvalue weighted by atomic mass is 9.97. The van der Waals surface area contributed by atoms with Gasteiger partial charge in [0.2, 0.25) is 0 Å². The highest BCUT2D eigenvalue weighted by molar-refractivity contribution is 5.86. The first kappa shape index (κ1) is 11.7. The van der Waals surface area contributed by atoms with Gasteiger partial charge in [-0.15, -0.1) is 0 Å². The van der Waals surface area contributed by atoms with E-state index in [4.69, 9.17) is 5.11 Å². The minimum Gasteiger partial charge on any atom is -0.508 e. The first-order valence-corrected chi connectivity index (χ1v) is 5.51. The van der Waals surface area contributed by atoms with Gasteiger partial charge in [-0.05, 0) is 31.2 Å². The molecule has 4 heteroatoms. The molecular formula is C13H15NO3. The fraction of sp³-hybridized carbons (Fsp3) is 0.308. The Bertz CT molecular complexity index is 467. The van der Waals surface area contributed by atoms with Crippen LogP contribution < -0.4 is 0 Å². The Balaban J connectivity index is 2.35. The molecule has 4 nitrogen and oxygen atoms in total. The largest absolute Gasteiger partial charge is 0.508 e. The molecule has 1 aliphatic rings. The topological polar surface area (TPSA) is 60.8 Å². The van der Waals surface area contributed by atoms with E-state index in [-0.39, 0.29) is 11.8 Å². The molecule has 17 heavy (non-hydrogen) atoms. The number of hydrogen-bond acceptors (Lipinski definition) is 3. The van der Waals surface area contributed by atoms with Gasteiger partial charge in [-0.3, -0.25) is 4.90 Å². The second-order valence-corrected chi connectivity index (χ2v) is 4.27. The first-order chi connectivity index (χ1) is 8.08. The van der Waals surface area contributed by atoms with Crippen molar-refractivity contribution in [1.29, 1.82) is 0 Å². The van der Waals surface area contributed by atoms with Gasteiger partial charge < -0.3 is 10.2 Å². The van der Waals surface area contributed by atoms with Crippen molar-refractivity contribution in [2.24, 2.45) is 0 Å². The smallest absolute Gasteiger partial charge is 0.331 e. The van der Waals surface area contributed by atoms with E-state index in [0.29, 0.717) is 18.5 Å². The van der Waals surface area contributed by atoms with E-state index in [9.17, 15) is 9.90 Å². The fourth-order valence-electron chi connectivity index (χ4n) is 2.07. The van der Waals surface area contributed by atoms with Crippen molar-refractivity contribution in [2.75, 3.05) is 13.6 Å². The Labute approximate surface area is 99.8 Å². The normalized spacial score (nSPS) is 21.0. The summed E-state index contributed by atoms with van der Waals surface area (Å²) < 4.78 is 0. The monoisotopic (exact) mass is 233 g/mol. The van der Waals surface area contributed by atoms with Crippen LogP contribution in [-0.4, -0.2) is 34.7 Å². The molecule has 0 fully saturated rings.